The Morgan fingerprint density at radius 2 is 1.04 bits per heavy atom. The molecule has 24 heavy (non-hydrogen) atoms. The number of hydrogen-bond acceptors (Lipinski definition) is 0. The first kappa shape index (κ1) is 30.2. The molecule has 0 aromatic heterocycles. The summed E-state index contributed by atoms with van der Waals surface area (Å²) in [6.45, 7) is 19.6. The smallest absolute Gasteiger partial charge is 0.126 e. The molecular weight excluding hydrogens is 302 g/mol. The molecule has 0 N–H and O–H groups in total. The van der Waals surface area contributed by atoms with Gasteiger partial charge in [-0.25, -0.2) is 8.78 Å². The van der Waals surface area contributed by atoms with Crippen molar-refractivity contribution in [2.45, 2.75) is 69.2 Å². The minimum Gasteiger partial charge on any atom is -0.207 e. The third-order valence-electron chi connectivity index (χ3n) is 2.06. The van der Waals surface area contributed by atoms with Gasteiger partial charge in [-0.1, -0.05) is 85.7 Å². The van der Waals surface area contributed by atoms with Crippen molar-refractivity contribution in [2.24, 2.45) is 0 Å². The summed E-state index contributed by atoms with van der Waals surface area (Å²) in [5.74, 6) is -0.294. The zero-order valence-electron chi connectivity index (χ0n) is 17.4. The Hall–Kier alpha value is -1.70. The molecule has 0 radical (unpaired) electrons. The van der Waals surface area contributed by atoms with Gasteiger partial charge in [0.25, 0.3) is 0 Å². The summed E-state index contributed by atoms with van der Waals surface area (Å²) >= 11 is 0. The summed E-state index contributed by atoms with van der Waals surface area (Å²) in [6, 6.07) is 13.2. The van der Waals surface area contributed by atoms with E-state index >= 15 is 0 Å². The highest BCUT2D eigenvalue weighted by atomic mass is 19.1. The molecular formula is C22H38F2. The Balaban J connectivity index is -0.000000118. The van der Waals surface area contributed by atoms with E-state index in [2.05, 4.69) is 0 Å². The number of halogens is 2. The Labute approximate surface area is 149 Å². The Morgan fingerprint density at radius 1 is 0.583 bits per heavy atom. The first-order chi connectivity index (χ1) is 11.6. The molecule has 0 heterocycles. The fraction of sp³-hybridized carbons (Fsp3) is 0.455. The molecule has 0 aliphatic heterocycles. The van der Waals surface area contributed by atoms with Crippen molar-refractivity contribution in [1.29, 1.82) is 0 Å². The lowest BCUT2D eigenvalue weighted by molar-refractivity contribution is 0.618. The lowest BCUT2D eigenvalue weighted by Crippen LogP contribution is -1.76. The van der Waals surface area contributed by atoms with Crippen molar-refractivity contribution in [3.05, 3.63) is 71.3 Å². The zero-order valence-corrected chi connectivity index (χ0v) is 17.4. The second kappa shape index (κ2) is 26.2. The Morgan fingerprint density at radius 3 is 1.29 bits per heavy atom. The van der Waals surface area contributed by atoms with Crippen molar-refractivity contribution in [1.82, 2.24) is 0 Å². The number of aryl methyl sites for hydroxylation is 2. The molecule has 0 bridgehead atoms. The lowest BCUT2D eigenvalue weighted by atomic mass is 10.2. The monoisotopic (exact) mass is 340 g/mol. The van der Waals surface area contributed by atoms with Gasteiger partial charge < -0.3 is 0 Å². The fourth-order valence-corrected chi connectivity index (χ4v) is 1.16. The van der Waals surface area contributed by atoms with Gasteiger partial charge in [0.2, 0.25) is 0 Å². The van der Waals surface area contributed by atoms with Crippen LogP contribution in [-0.4, -0.2) is 0 Å². The second-order valence-corrected chi connectivity index (χ2v) is 3.55. The van der Waals surface area contributed by atoms with Crippen molar-refractivity contribution >= 4 is 0 Å². The van der Waals surface area contributed by atoms with Crippen LogP contribution in [0.25, 0.3) is 0 Å². The summed E-state index contributed by atoms with van der Waals surface area (Å²) in [4.78, 5) is 0. The molecule has 0 saturated heterocycles. The van der Waals surface area contributed by atoms with Crippen molar-refractivity contribution < 1.29 is 8.78 Å². The number of rotatable bonds is 0. The molecule has 0 fully saturated rings. The van der Waals surface area contributed by atoms with Crippen LogP contribution in [0.15, 0.2) is 48.5 Å². The van der Waals surface area contributed by atoms with Gasteiger partial charge in [0.05, 0.1) is 0 Å². The molecule has 2 aromatic carbocycles. The summed E-state index contributed by atoms with van der Waals surface area (Å²) < 4.78 is 24.5. The van der Waals surface area contributed by atoms with Gasteiger partial charge in [-0.3, -0.25) is 0 Å². The summed E-state index contributed by atoms with van der Waals surface area (Å²) in [5.41, 5.74) is 1.66. The maximum atomic E-state index is 12.3. The van der Waals surface area contributed by atoms with Crippen LogP contribution in [0, 0.1) is 25.5 Å². The van der Waals surface area contributed by atoms with Crippen LogP contribution < -0.4 is 0 Å². The Kier molecular flexibility index (Phi) is 33.0. The third-order valence-corrected chi connectivity index (χ3v) is 2.06. The van der Waals surface area contributed by atoms with Crippen LogP contribution >= 0.6 is 0 Å². The van der Waals surface area contributed by atoms with E-state index in [4.69, 9.17) is 0 Å². The van der Waals surface area contributed by atoms with E-state index in [1.807, 2.05) is 74.4 Å². The van der Waals surface area contributed by atoms with Crippen LogP contribution in [0.4, 0.5) is 8.78 Å². The first-order valence-corrected chi connectivity index (χ1v) is 9.03. The highest BCUT2D eigenvalue weighted by Gasteiger charge is 1.88. The normalized spacial score (nSPS) is 7.17. The van der Waals surface area contributed by atoms with Crippen LogP contribution in [0.2, 0.25) is 0 Å². The van der Waals surface area contributed by atoms with E-state index < -0.39 is 0 Å². The molecule has 140 valence electrons. The van der Waals surface area contributed by atoms with Gasteiger partial charge in [-0.05, 0) is 43.2 Å². The van der Waals surface area contributed by atoms with Crippen LogP contribution in [0.1, 0.15) is 66.5 Å². The van der Waals surface area contributed by atoms with Crippen LogP contribution in [0.3, 0.4) is 0 Å². The quantitative estimate of drug-likeness (QED) is 0.452. The topological polar surface area (TPSA) is 0 Å². The van der Waals surface area contributed by atoms with Gasteiger partial charge in [0, 0.05) is 0 Å². The van der Waals surface area contributed by atoms with Gasteiger partial charge in [-0.15, -0.1) is 0 Å². The summed E-state index contributed by atoms with van der Waals surface area (Å²) in [6.07, 6.45) is 0. The molecule has 0 aliphatic carbocycles. The van der Waals surface area contributed by atoms with Gasteiger partial charge in [0.15, 0.2) is 0 Å². The standard InChI is InChI=1S/2C7H7F.4C2H6/c1-6-3-2-4-7(8)5-6;1-6-4-2-3-5-7(6)8;4*1-2/h2*2-5H,1H3;4*1-2H3. The average Bonchev–Trinajstić information content (AvgIpc) is 2.65. The molecule has 0 atom stereocenters. The predicted molar refractivity (Wildman–Crippen MR) is 108 cm³/mol. The van der Waals surface area contributed by atoms with E-state index in [0.29, 0.717) is 5.56 Å². The van der Waals surface area contributed by atoms with E-state index in [9.17, 15) is 8.78 Å². The van der Waals surface area contributed by atoms with E-state index in [-0.39, 0.29) is 11.6 Å². The fourth-order valence-electron chi connectivity index (χ4n) is 1.16. The lowest BCUT2D eigenvalue weighted by Gasteiger charge is -1.89. The highest BCUT2D eigenvalue weighted by molar-refractivity contribution is 5.14. The maximum Gasteiger partial charge on any atom is 0.126 e. The SMILES string of the molecule is CC.CC.CC.CC.Cc1cccc(F)c1.Cc1ccccc1F. The molecule has 0 nitrogen and oxygen atoms in total. The molecule has 0 aliphatic rings. The van der Waals surface area contributed by atoms with Gasteiger partial charge >= 0.3 is 0 Å². The summed E-state index contributed by atoms with van der Waals surface area (Å²) in [7, 11) is 0. The Bertz CT molecular complexity index is 413. The molecule has 2 heteroatoms. The molecule has 2 aromatic rings. The highest BCUT2D eigenvalue weighted by Crippen LogP contribution is 2.02. The van der Waals surface area contributed by atoms with Crippen LogP contribution in [-0.2, 0) is 0 Å². The molecule has 0 spiro atoms. The zero-order chi connectivity index (χ0) is 20.0. The van der Waals surface area contributed by atoms with Crippen molar-refractivity contribution in [3.63, 3.8) is 0 Å². The molecule has 0 saturated carbocycles. The molecule has 2 rings (SSSR count). The van der Waals surface area contributed by atoms with E-state index in [1.165, 1.54) is 18.2 Å². The number of benzene rings is 2. The van der Waals surface area contributed by atoms with Crippen molar-refractivity contribution in [3.8, 4) is 0 Å². The van der Waals surface area contributed by atoms with E-state index in [0.717, 1.165) is 5.56 Å². The summed E-state index contributed by atoms with van der Waals surface area (Å²) in [5, 5.41) is 0. The largest absolute Gasteiger partial charge is 0.207 e. The minimum absolute atomic E-state index is 0.132. The maximum absolute atomic E-state index is 12.3. The second-order valence-electron chi connectivity index (χ2n) is 3.55. The average molecular weight is 341 g/mol. The van der Waals surface area contributed by atoms with Crippen molar-refractivity contribution in [2.75, 3.05) is 0 Å². The van der Waals surface area contributed by atoms with E-state index in [1.54, 1.807) is 25.1 Å². The molecule has 0 amide bonds. The predicted octanol–water partition coefficient (Wildman–Crippen LogP) is 8.37. The molecule has 0 unspecified atom stereocenters. The minimum atomic E-state index is -0.162. The first-order valence-electron chi connectivity index (χ1n) is 9.03. The third kappa shape index (κ3) is 20.3. The van der Waals surface area contributed by atoms with Gasteiger partial charge in [0.1, 0.15) is 11.6 Å². The number of hydrogen-bond donors (Lipinski definition) is 0. The van der Waals surface area contributed by atoms with Gasteiger partial charge in [-0.2, -0.15) is 0 Å². The van der Waals surface area contributed by atoms with Crippen LogP contribution in [0.5, 0.6) is 0 Å².